The fourth-order valence-electron chi connectivity index (χ4n) is 4.39. The molecule has 8 heteroatoms. The molecule has 1 atom stereocenters. The SMILES string of the molecule is C=CCC(=O)N1CCCC(n2nc(-c3ccc(Oc4ccccc4)cc3)c3c(N)ncnc32)C1. The van der Waals surface area contributed by atoms with Crippen LogP contribution in [0, 0.1) is 0 Å². The van der Waals surface area contributed by atoms with Crippen molar-refractivity contribution < 1.29 is 9.53 Å². The Bertz CT molecular complexity index is 1320. The second-order valence-corrected chi connectivity index (χ2v) is 8.32. The zero-order chi connectivity index (χ0) is 23.5. The molecule has 172 valence electrons. The van der Waals surface area contributed by atoms with E-state index in [4.69, 9.17) is 15.6 Å². The number of benzene rings is 2. The summed E-state index contributed by atoms with van der Waals surface area (Å²) in [6.45, 7) is 5.01. The van der Waals surface area contributed by atoms with Crippen molar-refractivity contribution in [3.63, 3.8) is 0 Å². The van der Waals surface area contributed by atoms with Gasteiger partial charge in [-0.25, -0.2) is 14.6 Å². The highest BCUT2D eigenvalue weighted by Crippen LogP contribution is 2.34. The molecule has 1 aliphatic rings. The van der Waals surface area contributed by atoms with Crippen molar-refractivity contribution >= 4 is 22.8 Å². The van der Waals surface area contributed by atoms with E-state index in [1.807, 2.05) is 64.2 Å². The molecule has 0 radical (unpaired) electrons. The number of likely N-dealkylation sites (tertiary alicyclic amines) is 1. The van der Waals surface area contributed by atoms with Gasteiger partial charge in [-0.3, -0.25) is 4.79 Å². The van der Waals surface area contributed by atoms with E-state index in [9.17, 15) is 4.79 Å². The maximum Gasteiger partial charge on any atom is 0.226 e. The van der Waals surface area contributed by atoms with Crippen LogP contribution < -0.4 is 10.5 Å². The molecule has 5 rings (SSSR count). The number of para-hydroxylation sites is 1. The first-order valence-corrected chi connectivity index (χ1v) is 11.3. The lowest BCUT2D eigenvalue weighted by Gasteiger charge is -2.32. The third-order valence-corrected chi connectivity index (χ3v) is 6.04. The molecular weight excluding hydrogens is 428 g/mol. The summed E-state index contributed by atoms with van der Waals surface area (Å²) < 4.78 is 7.82. The molecule has 2 N–H and O–H groups in total. The highest BCUT2D eigenvalue weighted by atomic mass is 16.5. The zero-order valence-corrected chi connectivity index (χ0v) is 18.8. The number of hydrogen-bond donors (Lipinski definition) is 1. The van der Waals surface area contributed by atoms with E-state index in [2.05, 4.69) is 16.5 Å². The Morgan fingerprint density at radius 1 is 1.12 bits per heavy atom. The van der Waals surface area contributed by atoms with Crippen molar-refractivity contribution in [2.45, 2.75) is 25.3 Å². The minimum Gasteiger partial charge on any atom is -0.457 e. The Balaban J connectivity index is 1.48. The van der Waals surface area contributed by atoms with Crippen LogP contribution in [0.25, 0.3) is 22.3 Å². The first kappa shape index (κ1) is 21.6. The lowest BCUT2D eigenvalue weighted by Crippen LogP contribution is -2.40. The number of nitrogen functional groups attached to an aromatic ring is 1. The van der Waals surface area contributed by atoms with E-state index >= 15 is 0 Å². The highest BCUT2D eigenvalue weighted by Gasteiger charge is 2.28. The smallest absolute Gasteiger partial charge is 0.226 e. The van der Waals surface area contributed by atoms with Crippen molar-refractivity contribution in [3.05, 3.63) is 73.6 Å². The van der Waals surface area contributed by atoms with E-state index < -0.39 is 0 Å². The topological polar surface area (TPSA) is 99.2 Å². The molecule has 0 bridgehead atoms. The second kappa shape index (κ2) is 9.35. The van der Waals surface area contributed by atoms with E-state index in [0.717, 1.165) is 36.4 Å². The fourth-order valence-corrected chi connectivity index (χ4v) is 4.39. The van der Waals surface area contributed by atoms with Crippen molar-refractivity contribution in [1.82, 2.24) is 24.6 Å². The van der Waals surface area contributed by atoms with Gasteiger partial charge in [0.1, 0.15) is 29.3 Å². The van der Waals surface area contributed by atoms with Crippen LogP contribution in [0.15, 0.2) is 73.6 Å². The van der Waals surface area contributed by atoms with E-state index in [1.54, 1.807) is 6.08 Å². The summed E-state index contributed by atoms with van der Waals surface area (Å²) in [5.41, 5.74) is 8.56. The molecular formula is C26H26N6O2. The van der Waals surface area contributed by atoms with Gasteiger partial charge < -0.3 is 15.4 Å². The van der Waals surface area contributed by atoms with E-state index in [-0.39, 0.29) is 11.9 Å². The number of aromatic nitrogens is 4. The largest absolute Gasteiger partial charge is 0.457 e. The number of piperidine rings is 1. The molecule has 3 heterocycles. The standard InChI is InChI=1S/C26H26N6O2/c1-2-7-22(33)31-15-6-8-19(16-31)32-26-23(25(27)28-17-29-26)24(30-32)18-11-13-21(14-12-18)34-20-9-4-3-5-10-20/h2-5,9-14,17,19H,1,6-8,15-16H2,(H2,27,28,29). The number of anilines is 1. The summed E-state index contributed by atoms with van der Waals surface area (Å²) >= 11 is 0. The average Bonchev–Trinajstić information content (AvgIpc) is 3.26. The number of carbonyl (C=O) groups excluding carboxylic acids is 1. The number of rotatable bonds is 6. The second-order valence-electron chi connectivity index (χ2n) is 8.32. The summed E-state index contributed by atoms with van der Waals surface area (Å²) in [6.07, 6.45) is 5.24. The van der Waals surface area contributed by atoms with Crippen molar-refractivity contribution in [2.75, 3.05) is 18.8 Å². The van der Waals surface area contributed by atoms with Gasteiger partial charge in [0, 0.05) is 25.1 Å². The third kappa shape index (κ3) is 4.22. The molecule has 0 aliphatic carbocycles. The highest BCUT2D eigenvalue weighted by molar-refractivity contribution is 5.98. The fraction of sp³-hybridized carbons (Fsp3) is 0.231. The number of nitrogens with zero attached hydrogens (tertiary/aromatic N) is 5. The number of fused-ring (bicyclic) bond motifs is 1. The maximum atomic E-state index is 12.4. The van der Waals surface area contributed by atoms with Gasteiger partial charge in [-0.2, -0.15) is 5.10 Å². The Hall–Kier alpha value is -4.20. The predicted molar refractivity (Wildman–Crippen MR) is 131 cm³/mol. The Labute approximate surface area is 197 Å². The third-order valence-electron chi connectivity index (χ3n) is 6.04. The van der Waals surface area contributed by atoms with Crippen LogP contribution in [-0.4, -0.2) is 43.6 Å². The number of carbonyl (C=O) groups is 1. The molecule has 1 unspecified atom stereocenters. The normalized spacial score (nSPS) is 15.9. The van der Waals surface area contributed by atoms with E-state index in [1.165, 1.54) is 6.33 Å². The summed E-state index contributed by atoms with van der Waals surface area (Å²) in [7, 11) is 0. The quantitative estimate of drug-likeness (QED) is 0.427. The van der Waals surface area contributed by atoms with Gasteiger partial charge in [-0.05, 0) is 49.2 Å². The van der Waals surface area contributed by atoms with Gasteiger partial charge in [0.25, 0.3) is 0 Å². The van der Waals surface area contributed by atoms with Gasteiger partial charge >= 0.3 is 0 Å². The number of hydrogen-bond acceptors (Lipinski definition) is 6. The number of ether oxygens (including phenoxy) is 1. The number of nitrogens with two attached hydrogens (primary N) is 1. The van der Waals surface area contributed by atoms with Crippen molar-refractivity contribution in [2.24, 2.45) is 0 Å². The molecule has 4 aromatic rings. The first-order valence-electron chi connectivity index (χ1n) is 11.3. The molecule has 1 aliphatic heterocycles. The van der Waals surface area contributed by atoms with Crippen LogP contribution in [0.1, 0.15) is 25.3 Å². The molecule has 0 spiro atoms. The molecule has 1 fully saturated rings. The molecule has 1 amide bonds. The zero-order valence-electron chi connectivity index (χ0n) is 18.8. The van der Waals surface area contributed by atoms with Gasteiger partial charge in [-0.15, -0.1) is 6.58 Å². The molecule has 34 heavy (non-hydrogen) atoms. The summed E-state index contributed by atoms with van der Waals surface area (Å²) in [5.74, 6) is 1.97. The van der Waals surface area contributed by atoms with Crippen LogP contribution in [-0.2, 0) is 4.79 Å². The molecule has 1 saturated heterocycles. The molecule has 8 nitrogen and oxygen atoms in total. The monoisotopic (exact) mass is 454 g/mol. The summed E-state index contributed by atoms with van der Waals surface area (Å²) in [5, 5.41) is 5.65. The van der Waals surface area contributed by atoms with Crippen LogP contribution in [0.4, 0.5) is 5.82 Å². The van der Waals surface area contributed by atoms with Crippen molar-refractivity contribution in [3.8, 4) is 22.8 Å². The molecule has 0 saturated carbocycles. The minimum atomic E-state index is 0.00810. The Morgan fingerprint density at radius 3 is 2.65 bits per heavy atom. The average molecular weight is 455 g/mol. The summed E-state index contributed by atoms with van der Waals surface area (Å²) in [6, 6.07) is 17.4. The minimum absolute atomic E-state index is 0.00810. The molecule has 2 aromatic heterocycles. The summed E-state index contributed by atoms with van der Waals surface area (Å²) in [4.78, 5) is 23.0. The van der Waals surface area contributed by atoms with Crippen LogP contribution in [0.5, 0.6) is 11.5 Å². The van der Waals surface area contributed by atoms with Crippen LogP contribution in [0.3, 0.4) is 0 Å². The lowest BCUT2D eigenvalue weighted by atomic mass is 10.1. The van der Waals surface area contributed by atoms with Crippen LogP contribution in [0.2, 0.25) is 0 Å². The number of amides is 1. The van der Waals surface area contributed by atoms with Gasteiger partial charge in [-0.1, -0.05) is 24.3 Å². The first-order chi connectivity index (χ1) is 16.6. The van der Waals surface area contributed by atoms with Crippen LogP contribution >= 0.6 is 0 Å². The van der Waals surface area contributed by atoms with Gasteiger partial charge in [0.15, 0.2) is 5.65 Å². The van der Waals surface area contributed by atoms with Gasteiger partial charge in [0.2, 0.25) is 5.91 Å². The lowest BCUT2D eigenvalue weighted by molar-refractivity contribution is -0.131. The Kier molecular flexibility index (Phi) is 5.95. The Morgan fingerprint density at radius 2 is 1.88 bits per heavy atom. The molecule has 2 aromatic carbocycles. The van der Waals surface area contributed by atoms with Crippen molar-refractivity contribution in [1.29, 1.82) is 0 Å². The van der Waals surface area contributed by atoms with Gasteiger partial charge in [0.05, 0.1) is 11.4 Å². The van der Waals surface area contributed by atoms with E-state index in [0.29, 0.717) is 35.5 Å². The predicted octanol–water partition coefficient (Wildman–Crippen LogP) is 4.61. The maximum absolute atomic E-state index is 12.4.